The molecule has 6 nitrogen and oxygen atoms in total. The number of halogens is 1. The number of hydrogen-bond donors (Lipinski definition) is 2. The predicted octanol–water partition coefficient (Wildman–Crippen LogP) is 3.79. The van der Waals surface area contributed by atoms with Gasteiger partial charge in [-0.2, -0.15) is 5.10 Å². The van der Waals surface area contributed by atoms with Gasteiger partial charge in [0.15, 0.2) is 0 Å². The molecule has 0 aliphatic rings. The van der Waals surface area contributed by atoms with Crippen molar-refractivity contribution in [3.63, 3.8) is 0 Å². The Bertz CT molecular complexity index is 953. The number of methoxy groups -OCH3 is 2. The van der Waals surface area contributed by atoms with E-state index in [0.29, 0.717) is 34.0 Å². The van der Waals surface area contributed by atoms with Gasteiger partial charge in [0, 0.05) is 17.3 Å². The second-order valence-electron chi connectivity index (χ2n) is 5.65. The molecule has 1 amide bonds. The normalized spacial score (nSPS) is 10.5. The lowest BCUT2D eigenvalue weighted by atomic mass is 10.1. The lowest BCUT2D eigenvalue weighted by Gasteiger charge is -2.08. The number of anilines is 1. The number of aromatic amines is 1. The van der Waals surface area contributed by atoms with Crippen molar-refractivity contribution >= 4 is 11.6 Å². The second-order valence-corrected chi connectivity index (χ2v) is 5.65. The first-order chi connectivity index (χ1) is 12.5. The Labute approximate surface area is 150 Å². The largest absolute Gasteiger partial charge is 0.497 e. The van der Waals surface area contributed by atoms with Gasteiger partial charge in [-0.05, 0) is 42.8 Å². The van der Waals surface area contributed by atoms with Crippen LogP contribution in [-0.2, 0) is 0 Å². The van der Waals surface area contributed by atoms with E-state index in [4.69, 9.17) is 9.47 Å². The lowest BCUT2D eigenvalue weighted by molar-refractivity contribution is 0.102. The number of nitrogens with one attached hydrogen (secondary N) is 2. The quantitative estimate of drug-likeness (QED) is 0.730. The van der Waals surface area contributed by atoms with Gasteiger partial charge < -0.3 is 14.8 Å². The molecule has 134 valence electrons. The molecule has 1 aromatic heterocycles. The van der Waals surface area contributed by atoms with E-state index >= 15 is 0 Å². The first-order valence-electron chi connectivity index (χ1n) is 7.87. The monoisotopic (exact) mass is 355 g/mol. The first-order valence-corrected chi connectivity index (χ1v) is 7.87. The van der Waals surface area contributed by atoms with Gasteiger partial charge in [-0.3, -0.25) is 9.89 Å². The smallest absolute Gasteiger partial charge is 0.273 e. The Hall–Kier alpha value is -3.35. The van der Waals surface area contributed by atoms with Crippen LogP contribution >= 0.6 is 0 Å². The molecule has 0 saturated heterocycles. The van der Waals surface area contributed by atoms with Crippen molar-refractivity contribution in [2.24, 2.45) is 0 Å². The number of aromatic nitrogens is 2. The molecule has 0 saturated carbocycles. The Morgan fingerprint density at radius 3 is 2.62 bits per heavy atom. The van der Waals surface area contributed by atoms with Crippen LogP contribution in [0.5, 0.6) is 11.5 Å². The molecule has 7 heteroatoms. The number of carbonyl (C=O) groups excluding carboxylic acids is 1. The fraction of sp³-hybridized carbons (Fsp3) is 0.158. The third-order valence-corrected chi connectivity index (χ3v) is 3.94. The number of hydrogen-bond acceptors (Lipinski definition) is 4. The zero-order chi connectivity index (χ0) is 18.7. The number of amides is 1. The molecule has 3 aromatic rings. The Morgan fingerprint density at radius 1 is 1.12 bits per heavy atom. The van der Waals surface area contributed by atoms with E-state index in [9.17, 15) is 9.18 Å². The summed E-state index contributed by atoms with van der Waals surface area (Å²) < 4.78 is 24.1. The minimum absolute atomic E-state index is 0.249. The van der Waals surface area contributed by atoms with E-state index in [1.54, 1.807) is 57.5 Å². The summed E-state index contributed by atoms with van der Waals surface area (Å²) in [6, 6.07) is 11.4. The van der Waals surface area contributed by atoms with E-state index in [1.165, 1.54) is 6.07 Å². The number of ether oxygens (including phenoxy) is 2. The Balaban J connectivity index is 1.83. The fourth-order valence-electron chi connectivity index (χ4n) is 2.46. The molecule has 0 fully saturated rings. The number of nitrogens with zero attached hydrogens (tertiary/aromatic N) is 1. The topological polar surface area (TPSA) is 76.2 Å². The molecule has 0 unspecified atom stereocenters. The van der Waals surface area contributed by atoms with Crippen LogP contribution in [0.4, 0.5) is 10.1 Å². The highest BCUT2D eigenvalue weighted by Gasteiger charge is 2.15. The zero-order valence-corrected chi connectivity index (χ0v) is 14.6. The Morgan fingerprint density at radius 2 is 1.92 bits per heavy atom. The molecule has 0 aliphatic heterocycles. The van der Waals surface area contributed by atoms with Gasteiger partial charge >= 0.3 is 0 Å². The molecule has 2 N–H and O–H groups in total. The van der Waals surface area contributed by atoms with Crippen molar-refractivity contribution in [2.75, 3.05) is 19.5 Å². The van der Waals surface area contributed by atoms with Gasteiger partial charge in [-0.15, -0.1) is 0 Å². The van der Waals surface area contributed by atoms with Crippen LogP contribution in [0.3, 0.4) is 0 Å². The van der Waals surface area contributed by atoms with Gasteiger partial charge in [-0.25, -0.2) is 4.39 Å². The van der Waals surface area contributed by atoms with Gasteiger partial charge in [0.05, 0.1) is 19.9 Å². The molecule has 0 aliphatic carbocycles. The third-order valence-electron chi connectivity index (χ3n) is 3.94. The minimum Gasteiger partial charge on any atom is -0.497 e. The number of H-pyrrole nitrogens is 1. The molecular formula is C19H18FN3O3. The fourth-order valence-corrected chi connectivity index (χ4v) is 2.46. The SMILES string of the molecule is COc1ccc(-c2cc(C(=O)Nc3ccc(C)c(F)c3)[nH]n2)c(OC)c1. The van der Waals surface area contributed by atoms with Crippen LogP contribution in [0.25, 0.3) is 11.3 Å². The van der Waals surface area contributed by atoms with Gasteiger partial charge in [0.25, 0.3) is 5.91 Å². The maximum Gasteiger partial charge on any atom is 0.273 e. The van der Waals surface area contributed by atoms with E-state index in [2.05, 4.69) is 15.5 Å². The molecule has 1 heterocycles. The second kappa shape index (κ2) is 7.26. The molecule has 26 heavy (non-hydrogen) atoms. The van der Waals surface area contributed by atoms with Crippen molar-refractivity contribution < 1.29 is 18.7 Å². The van der Waals surface area contributed by atoms with Crippen molar-refractivity contribution in [3.05, 3.63) is 59.5 Å². The highest BCUT2D eigenvalue weighted by molar-refractivity contribution is 6.03. The molecule has 0 atom stereocenters. The summed E-state index contributed by atoms with van der Waals surface area (Å²) >= 11 is 0. The van der Waals surface area contributed by atoms with Gasteiger partial charge in [0.2, 0.25) is 0 Å². The zero-order valence-electron chi connectivity index (χ0n) is 14.6. The molecule has 3 rings (SSSR count). The van der Waals surface area contributed by atoms with E-state index < -0.39 is 5.91 Å². The number of rotatable bonds is 5. The van der Waals surface area contributed by atoms with Gasteiger partial charge in [0.1, 0.15) is 23.0 Å². The standard InChI is InChI=1S/C19H18FN3O3/c1-11-4-5-12(8-15(11)20)21-19(24)17-10-16(22-23-17)14-7-6-13(25-2)9-18(14)26-3/h4-10H,1-3H3,(H,21,24)(H,22,23). The summed E-state index contributed by atoms with van der Waals surface area (Å²) in [4.78, 5) is 12.4. The number of aryl methyl sites for hydroxylation is 1. The minimum atomic E-state index is -0.417. The lowest BCUT2D eigenvalue weighted by Crippen LogP contribution is -2.12. The molecule has 0 radical (unpaired) electrons. The van der Waals surface area contributed by atoms with Crippen molar-refractivity contribution in [1.82, 2.24) is 10.2 Å². The third kappa shape index (κ3) is 3.51. The first kappa shape index (κ1) is 17.5. The summed E-state index contributed by atoms with van der Waals surface area (Å²) in [5.41, 5.74) is 2.39. The summed E-state index contributed by atoms with van der Waals surface area (Å²) in [7, 11) is 3.11. The van der Waals surface area contributed by atoms with Crippen LogP contribution in [-0.4, -0.2) is 30.3 Å². The Kier molecular flexibility index (Phi) is 4.88. The molecule has 2 aromatic carbocycles. The van der Waals surface area contributed by atoms with E-state index in [1.807, 2.05) is 0 Å². The summed E-state index contributed by atoms with van der Waals surface area (Å²) in [5, 5.41) is 9.49. The highest BCUT2D eigenvalue weighted by Crippen LogP contribution is 2.32. The summed E-state index contributed by atoms with van der Waals surface area (Å²) in [6.45, 7) is 1.66. The maximum atomic E-state index is 13.6. The maximum absolute atomic E-state index is 13.6. The van der Waals surface area contributed by atoms with Crippen molar-refractivity contribution in [1.29, 1.82) is 0 Å². The molecule has 0 spiro atoms. The number of carbonyl (C=O) groups is 1. The van der Waals surface area contributed by atoms with Crippen LogP contribution in [0.1, 0.15) is 16.1 Å². The molecular weight excluding hydrogens is 337 g/mol. The van der Waals surface area contributed by atoms with Crippen LogP contribution < -0.4 is 14.8 Å². The summed E-state index contributed by atoms with van der Waals surface area (Å²) in [6.07, 6.45) is 0. The summed E-state index contributed by atoms with van der Waals surface area (Å²) in [5.74, 6) is 0.430. The van der Waals surface area contributed by atoms with Crippen molar-refractivity contribution in [3.8, 4) is 22.8 Å². The van der Waals surface area contributed by atoms with Crippen LogP contribution in [0.2, 0.25) is 0 Å². The van der Waals surface area contributed by atoms with E-state index in [-0.39, 0.29) is 11.5 Å². The van der Waals surface area contributed by atoms with E-state index in [0.717, 1.165) is 0 Å². The highest BCUT2D eigenvalue weighted by atomic mass is 19.1. The number of benzene rings is 2. The van der Waals surface area contributed by atoms with Gasteiger partial charge in [-0.1, -0.05) is 6.07 Å². The predicted molar refractivity (Wildman–Crippen MR) is 96.2 cm³/mol. The van der Waals surface area contributed by atoms with Crippen molar-refractivity contribution in [2.45, 2.75) is 6.92 Å². The molecule has 0 bridgehead atoms. The average molecular weight is 355 g/mol. The van der Waals surface area contributed by atoms with Crippen LogP contribution in [0.15, 0.2) is 42.5 Å². The van der Waals surface area contributed by atoms with Crippen LogP contribution in [0, 0.1) is 12.7 Å². The average Bonchev–Trinajstić information content (AvgIpc) is 3.14.